The number of piperidine rings is 1. The van der Waals surface area contributed by atoms with Gasteiger partial charge in [0.1, 0.15) is 0 Å². The minimum Gasteiger partial charge on any atom is -0.306 e. The second-order valence-electron chi connectivity index (χ2n) is 4.25. The van der Waals surface area contributed by atoms with E-state index in [-0.39, 0.29) is 5.72 Å². The van der Waals surface area contributed by atoms with Gasteiger partial charge < -0.3 is 4.90 Å². The van der Waals surface area contributed by atoms with Gasteiger partial charge in [-0.05, 0) is 7.05 Å². The summed E-state index contributed by atoms with van der Waals surface area (Å²) in [5.74, 6) is 0.777. The van der Waals surface area contributed by atoms with Gasteiger partial charge in [-0.3, -0.25) is 0 Å². The Kier molecular flexibility index (Phi) is 2.42. The van der Waals surface area contributed by atoms with E-state index in [9.17, 15) is 0 Å². The Morgan fingerprint density at radius 2 is 2.31 bits per heavy atom. The van der Waals surface area contributed by atoms with Crippen LogP contribution in [0.15, 0.2) is 16.6 Å². The lowest BCUT2D eigenvalue weighted by Gasteiger charge is -2.33. The summed E-state index contributed by atoms with van der Waals surface area (Å²) in [5, 5.41) is 2.84. The molecule has 2 aliphatic heterocycles. The molecule has 0 bridgehead atoms. The monoisotopic (exact) mass is 238 g/mol. The minimum absolute atomic E-state index is 0.354. The first-order valence-electron chi connectivity index (χ1n) is 5.40. The van der Waals surface area contributed by atoms with Crippen LogP contribution in [-0.4, -0.2) is 41.6 Å². The van der Waals surface area contributed by atoms with Gasteiger partial charge in [-0.2, -0.15) is 0 Å². The number of thiazole rings is 1. The molecule has 0 saturated carbocycles. The Hall–Kier alpha value is -0.980. The van der Waals surface area contributed by atoms with E-state index in [1.165, 1.54) is 0 Å². The molecule has 1 spiro atoms. The van der Waals surface area contributed by atoms with Gasteiger partial charge in [0.2, 0.25) is 0 Å². The summed E-state index contributed by atoms with van der Waals surface area (Å²) in [4.78, 5) is 16.8. The van der Waals surface area contributed by atoms with Crippen molar-refractivity contribution in [1.29, 1.82) is 0 Å². The molecule has 16 heavy (non-hydrogen) atoms. The molecule has 86 valence electrons. The van der Waals surface area contributed by atoms with Crippen LogP contribution < -0.4 is 5.48 Å². The maximum atomic E-state index is 5.65. The lowest BCUT2D eigenvalue weighted by atomic mass is 10.0. The number of likely N-dealkylation sites (tertiary alicyclic amines) is 1. The first kappa shape index (κ1) is 10.2. The quantitative estimate of drug-likeness (QED) is 0.788. The largest absolute Gasteiger partial charge is 0.306 e. The molecule has 1 aromatic heterocycles. The minimum atomic E-state index is -0.354. The van der Waals surface area contributed by atoms with Crippen LogP contribution in [0.5, 0.6) is 0 Å². The molecule has 1 fully saturated rings. The van der Waals surface area contributed by atoms with Crippen molar-refractivity contribution in [2.24, 2.45) is 4.99 Å². The van der Waals surface area contributed by atoms with E-state index < -0.39 is 0 Å². The molecule has 2 aliphatic rings. The fraction of sp³-hybridized carbons (Fsp3) is 0.600. The molecule has 1 saturated heterocycles. The average Bonchev–Trinajstić information content (AvgIpc) is 2.93. The van der Waals surface area contributed by atoms with Gasteiger partial charge in [-0.1, -0.05) is 0 Å². The lowest BCUT2D eigenvalue weighted by Crippen LogP contribution is -2.42. The molecule has 5 nitrogen and oxygen atoms in total. The summed E-state index contributed by atoms with van der Waals surface area (Å²) in [5.41, 5.74) is 2.56. The van der Waals surface area contributed by atoms with Gasteiger partial charge in [-0.15, -0.1) is 11.3 Å². The van der Waals surface area contributed by atoms with Crippen molar-refractivity contribution in [3.8, 4) is 0 Å². The van der Waals surface area contributed by atoms with Crippen molar-refractivity contribution >= 4 is 17.2 Å². The summed E-state index contributed by atoms with van der Waals surface area (Å²) in [7, 11) is 2.13. The van der Waals surface area contributed by atoms with Gasteiger partial charge in [0.15, 0.2) is 16.6 Å². The zero-order chi connectivity index (χ0) is 11.0. The molecule has 0 unspecified atom stereocenters. The van der Waals surface area contributed by atoms with Crippen LogP contribution >= 0.6 is 11.3 Å². The Balaban J connectivity index is 1.80. The number of aliphatic imine (C=N–C) groups is 1. The van der Waals surface area contributed by atoms with Gasteiger partial charge in [0, 0.05) is 37.5 Å². The topological polar surface area (TPSA) is 49.8 Å². The summed E-state index contributed by atoms with van der Waals surface area (Å²) in [6.45, 7) is 2.05. The third-order valence-corrected chi connectivity index (χ3v) is 3.84. The van der Waals surface area contributed by atoms with Gasteiger partial charge in [0.05, 0.1) is 0 Å². The Morgan fingerprint density at radius 1 is 1.50 bits per heavy atom. The van der Waals surface area contributed by atoms with Gasteiger partial charge in [-0.25, -0.2) is 20.3 Å². The summed E-state index contributed by atoms with van der Waals surface area (Å²) >= 11 is 1.57. The number of hydrogen-bond acceptors (Lipinski definition) is 6. The highest BCUT2D eigenvalue weighted by molar-refractivity contribution is 7.11. The van der Waals surface area contributed by atoms with Crippen molar-refractivity contribution in [2.75, 3.05) is 20.1 Å². The number of hydrogen-bond donors (Lipinski definition) is 1. The maximum absolute atomic E-state index is 5.65. The highest BCUT2D eigenvalue weighted by Gasteiger charge is 2.40. The molecular weight excluding hydrogens is 224 g/mol. The molecule has 3 heterocycles. The molecule has 6 heteroatoms. The molecule has 1 aromatic rings. The van der Waals surface area contributed by atoms with E-state index in [4.69, 9.17) is 4.84 Å². The number of aromatic nitrogens is 1. The van der Waals surface area contributed by atoms with Crippen LogP contribution in [0, 0.1) is 0 Å². The van der Waals surface area contributed by atoms with Gasteiger partial charge in [0.25, 0.3) is 0 Å². The molecule has 0 aliphatic carbocycles. The number of amidine groups is 1. The summed E-state index contributed by atoms with van der Waals surface area (Å²) in [6, 6.07) is 0. The Morgan fingerprint density at radius 3 is 3.00 bits per heavy atom. The molecule has 1 N–H and O–H groups in total. The molecule has 0 atom stereocenters. The SMILES string of the molecule is CN1CCC2(CC1)N=C(c1nccs1)NO2. The lowest BCUT2D eigenvalue weighted by molar-refractivity contribution is -0.0863. The highest BCUT2D eigenvalue weighted by atomic mass is 32.1. The first-order chi connectivity index (χ1) is 7.77. The fourth-order valence-electron chi connectivity index (χ4n) is 2.01. The third kappa shape index (κ3) is 1.73. The van der Waals surface area contributed by atoms with Crippen molar-refractivity contribution in [1.82, 2.24) is 15.4 Å². The number of hydroxylamine groups is 1. The number of nitrogens with zero attached hydrogens (tertiary/aromatic N) is 3. The van der Waals surface area contributed by atoms with E-state index in [1.807, 2.05) is 5.38 Å². The standard InChI is InChI=1S/C10H14N4OS/c1-14-5-2-10(3-6-14)12-8(13-15-10)9-11-4-7-16-9/h4,7H,2-3,5-6H2,1H3,(H,12,13). The third-order valence-electron chi connectivity index (χ3n) is 3.06. The zero-order valence-corrected chi connectivity index (χ0v) is 9.96. The van der Waals surface area contributed by atoms with E-state index in [1.54, 1.807) is 17.5 Å². The molecule has 0 amide bonds. The van der Waals surface area contributed by atoms with Crippen LogP contribution in [0.3, 0.4) is 0 Å². The predicted octanol–water partition coefficient (Wildman–Crippen LogP) is 0.846. The second kappa shape index (κ2) is 3.80. The van der Waals surface area contributed by atoms with E-state index in [0.717, 1.165) is 36.8 Å². The van der Waals surface area contributed by atoms with E-state index >= 15 is 0 Å². The zero-order valence-electron chi connectivity index (χ0n) is 9.14. The van der Waals surface area contributed by atoms with Crippen LogP contribution in [0.1, 0.15) is 17.8 Å². The predicted molar refractivity (Wildman–Crippen MR) is 62.3 cm³/mol. The highest BCUT2D eigenvalue weighted by Crippen LogP contribution is 2.30. The van der Waals surface area contributed by atoms with Crippen molar-refractivity contribution in [3.63, 3.8) is 0 Å². The molecule has 0 aromatic carbocycles. The number of rotatable bonds is 1. The van der Waals surface area contributed by atoms with Gasteiger partial charge >= 0.3 is 0 Å². The second-order valence-corrected chi connectivity index (χ2v) is 5.15. The van der Waals surface area contributed by atoms with E-state index in [0.29, 0.717) is 0 Å². The maximum Gasteiger partial charge on any atom is 0.190 e. The van der Waals surface area contributed by atoms with Crippen LogP contribution in [0.4, 0.5) is 0 Å². The van der Waals surface area contributed by atoms with Crippen molar-refractivity contribution in [3.05, 3.63) is 16.6 Å². The van der Waals surface area contributed by atoms with E-state index in [2.05, 4.69) is 27.4 Å². The smallest absolute Gasteiger partial charge is 0.190 e. The fourth-order valence-corrected chi connectivity index (χ4v) is 2.58. The summed E-state index contributed by atoms with van der Waals surface area (Å²) < 4.78 is 0. The summed E-state index contributed by atoms with van der Waals surface area (Å²) in [6.07, 6.45) is 3.65. The first-order valence-corrected chi connectivity index (χ1v) is 6.28. The number of nitrogens with one attached hydrogen (secondary N) is 1. The molecule has 0 radical (unpaired) electrons. The molecular formula is C10H14N4OS. The average molecular weight is 238 g/mol. The van der Waals surface area contributed by atoms with Crippen LogP contribution in [-0.2, 0) is 4.84 Å². The van der Waals surface area contributed by atoms with Crippen LogP contribution in [0.25, 0.3) is 0 Å². The molecule has 3 rings (SSSR count). The normalized spacial score (nSPS) is 24.4. The van der Waals surface area contributed by atoms with Crippen LogP contribution in [0.2, 0.25) is 0 Å². The van der Waals surface area contributed by atoms with Crippen molar-refractivity contribution in [2.45, 2.75) is 18.6 Å². The van der Waals surface area contributed by atoms with Crippen molar-refractivity contribution < 1.29 is 4.84 Å². The Bertz CT molecular complexity index is 395. The Labute approximate surface area is 98.1 Å².